The predicted molar refractivity (Wildman–Crippen MR) is 90.8 cm³/mol. The molecule has 0 aromatic rings. The predicted octanol–water partition coefficient (Wildman–Crippen LogP) is 3.68. The molecule has 0 atom stereocenters. The van der Waals surface area contributed by atoms with Crippen molar-refractivity contribution in [3.8, 4) is 0 Å². The summed E-state index contributed by atoms with van der Waals surface area (Å²) in [4.78, 5) is 11.1. The van der Waals surface area contributed by atoms with E-state index in [9.17, 15) is 4.79 Å². The van der Waals surface area contributed by atoms with Crippen LogP contribution < -0.4 is 5.32 Å². The van der Waals surface area contributed by atoms with Gasteiger partial charge in [0.05, 0.1) is 12.7 Å². The van der Waals surface area contributed by atoms with Gasteiger partial charge in [-0.15, -0.1) is 0 Å². The molecule has 0 aromatic carbocycles. The Bertz CT molecular complexity index is 286. The van der Waals surface area contributed by atoms with Gasteiger partial charge in [0.25, 0.3) is 0 Å². The van der Waals surface area contributed by atoms with Crippen LogP contribution in [0.25, 0.3) is 0 Å². The summed E-state index contributed by atoms with van der Waals surface area (Å²) in [5.74, 6) is 0.568. The van der Waals surface area contributed by atoms with Crippen LogP contribution >= 0.6 is 21.6 Å². The van der Waals surface area contributed by atoms with E-state index in [1.807, 2.05) is 0 Å². The second-order valence-electron chi connectivity index (χ2n) is 5.79. The van der Waals surface area contributed by atoms with E-state index < -0.39 is 6.16 Å². The third-order valence-corrected chi connectivity index (χ3v) is 5.10. The first-order valence-corrected chi connectivity index (χ1v) is 9.50. The summed E-state index contributed by atoms with van der Waals surface area (Å²) >= 11 is 0. The van der Waals surface area contributed by atoms with Gasteiger partial charge in [-0.25, -0.2) is 4.79 Å². The molecule has 0 aliphatic carbocycles. The Kier molecular flexibility index (Phi) is 11.4. The Morgan fingerprint density at radius 2 is 1.86 bits per heavy atom. The maximum absolute atomic E-state index is 11.1. The molecule has 7 heteroatoms. The highest BCUT2D eigenvalue weighted by Crippen LogP contribution is 2.35. The highest BCUT2D eigenvalue weighted by atomic mass is 33.1. The number of hydrogen-bond donors (Lipinski definition) is 1. The fourth-order valence-electron chi connectivity index (χ4n) is 1.17. The Morgan fingerprint density at radius 3 is 2.43 bits per heavy atom. The van der Waals surface area contributed by atoms with Gasteiger partial charge >= 0.3 is 6.16 Å². The lowest BCUT2D eigenvalue weighted by molar-refractivity contribution is 0.0188. The topological polar surface area (TPSA) is 56.8 Å². The third-order valence-electron chi connectivity index (χ3n) is 2.13. The van der Waals surface area contributed by atoms with Crippen molar-refractivity contribution in [2.45, 2.75) is 58.4 Å². The van der Waals surface area contributed by atoms with Crippen molar-refractivity contribution in [2.75, 3.05) is 25.7 Å². The van der Waals surface area contributed by atoms with Crippen LogP contribution in [0.4, 0.5) is 4.79 Å². The van der Waals surface area contributed by atoms with E-state index in [2.05, 4.69) is 33.0 Å². The first-order valence-electron chi connectivity index (χ1n) is 7.18. The van der Waals surface area contributed by atoms with E-state index in [0.717, 1.165) is 6.54 Å². The maximum Gasteiger partial charge on any atom is 0.508 e. The molecular weight excluding hydrogens is 310 g/mol. The van der Waals surface area contributed by atoms with Crippen LogP contribution in [0.3, 0.4) is 0 Å². The zero-order valence-corrected chi connectivity index (χ0v) is 15.6. The van der Waals surface area contributed by atoms with Gasteiger partial charge in [0.1, 0.15) is 12.5 Å². The Morgan fingerprint density at radius 1 is 1.19 bits per heavy atom. The van der Waals surface area contributed by atoms with Crippen molar-refractivity contribution in [1.29, 1.82) is 0 Å². The van der Waals surface area contributed by atoms with Gasteiger partial charge in [-0.2, -0.15) is 0 Å². The van der Waals surface area contributed by atoms with Gasteiger partial charge in [0.15, 0.2) is 0 Å². The molecule has 0 spiro atoms. The zero-order chi connectivity index (χ0) is 16.3. The van der Waals surface area contributed by atoms with E-state index in [0.29, 0.717) is 18.6 Å². The summed E-state index contributed by atoms with van der Waals surface area (Å²) in [6.07, 6.45) is -0.802. The van der Waals surface area contributed by atoms with E-state index in [1.54, 1.807) is 35.4 Å². The molecule has 5 nitrogen and oxygen atoms in total. The van der Waals surface area contributed by atoms with E-state index in [-0.39, 0.29) is 17.5 Å². The number of rotatable bonds is 11. The molecule has 0 bridgehead atoms. The van der Waals surface area contributed by atoms with Crippen LogP contribution in [0.15, 0.2) is 0 Å². The molecule has 0 radical (unpaired) electrons. The molecular formula is C14H29NO4S2. The monoisotopic (exact) mass is 339 g/mol. The van der Waals surface area contributed by atoms with Crippen molar-refractivity contribution in [1.82, 2.24) is 5.32 Å². The van der Waals surface area contributed by atoms with Gasteiger partial charge in [-0.3, -0.25) is 0 Å². The minimum Gasteiger partial charge on any atom is -0.432 e. The Labute approximate surface area is 136 Å². The summed E-state index contributed by atoms with van der Waals surface area (Å²) in [5.41, 5.74) is 0. The van der Waals surface area contributed by atoms with Gasteiger partial charge in [0, 0.05) is 17.3 Å². The van der Waals surface area contributed by atoms with Gasteiger partial charge in [-0.1, -0.05) is 35.4 Å². The van der Waals surface area contributed by atoms with E-state index >= 15 is 0 Å². The highest BCUT2D eigenvalue weighted by Gasteiger charge is 2.18. The fraction of sp³-hybridized carbons (Fsp3) is 0.929. The van der Waals surface area contributed by atoms with Gasteiger partial charge < -0.3 is 19.5 Å². The standard InChI is InChI=1S/C14H29NO4S2/c1-11(2)15-9-14(5,6)21-20-10-17-7-8-18-13(16)19-12(3)4/h11-12,15H,7-10H2,1-6H3. The molecule has 0 aliphatic heterocycles. The lowest BCUT2D eigenvalue weighted by atomic mass is 10.2. The lowest BCUT2D eigenvalue weighted by Gasteiger charge is -2.24. The van der Waals surface area contributed by atoms with Crippen LogP contribution in [0.2, 0.25) is 0 Å². The molecule has 0 rings (SSSR count). The lowest BCUT2D eigenvalue weighted by Crippen LogP contribution is -2.35. The van der Waals surface area contributed by atoms with E-state index in [1.165, 1.54) is 0 Å². The number of carbonyl (C=O) groups is 1. The second kappa shape index (κ2) is 11.5. The molecule has 0 saturated carbocycles. The molecule has 0 heterocycles. The van der Waals surface area contributed by atoms with Crippen molar-refractivity contribution in [2.24, 2.45) is 0 Å². The largest absolute Gasteiger partial charge is 0.508 e. The Balaban J connectivity index is 3.49. The molecule has 0 saturated heterocycles. The van der Waals surface area contributed by atoms with E-state index in [4.69, 9.17) is 14.2 Å². The van der Waals surface area contributed by atoms with Crippen LogP contribution in [0, 0.1) is 0 Å². The minimum absolute atomic E-state index is 0.149. The number of nitrogens with one attached hydrogen (secondary N) is 1. The molecule has 0 unspecified atom stereocenters. The van der Waals surface area contributed by atoms with Crippen LogP contribution in [-0.2, 0) is 14.2 Å². The summed E-state index contributed by atoms with van der Waals surface area (Å²) in [6, 6.07) is 0.494. The molecule has 126 valence electrons. The first kappa shape index (κ1) is 20.9. The van der Waals surface area contributed by atoms with Gasteiger partial charge in [-0.05, 0) is 27.7 Å². The molecule has 0 amide bonds. The molecule has 0 fully saturated rings. The third kappa shape index (κ3) is 14.6. The van der Waals surface area contributed by atoms with Crippen molar-refractivity contribution >= 4 is 27.7 Å². The summed E-state index contributed by atoms with van der Waals surface area (Å²) in [7, 11) is 3.45. The quantitative estimate of drug-likeness (QED) is 0.267. The normalized spacial score (nSPS) is 12.0. The van der Waals surface area contributed by atoms with Crippen molar-refractivity contribution < 1.29 is 19.0 Å². The summed E-state index contributed by atoms with van der Waals surface area (Å²) < 4.78 is 15.2. The number of carbonyl (C=O) groups excluding carboxylic acids is 1. The second-order valence-corrected chi connectivity index (χ2v) is 8.74. The smallest absolute Gasteiger partial charge is 0.432 e. The van der Waals surface area contributed by atoms with Crippen molar-refractivity contribution in [3.05, 3.63) is 0 Å². The molecule has 0 aromatic heterocycles. The zero-order valence-electron chi connectivity index (χ0n) is 13.9. The fourth-order valence-corrected chi connectivity index (χ4v) is 3.34. The SMILES string of the molecule is CC(C)NCC(C)(C)SSCOCCOC(=O)OC(C)C. The first-order chi connectivity index (χ1) is 9.73. The summed E-state index contributed by atoms with van der Waals surface area (Å²) in [5, 5.41) is 3.43. The number of ether oxygens (including phenoxy) is 3. The average molecular weight is 340 g/mol. The summed E-state index contributed by atoms with van der Waals surface area (Å²) in [6.45, 7) is 13.8. The highest BCUT2D eigenvalue weighted by molar-refractivity contribution is 8.77. The van der Waals surface area contributed by atoms with Crippen molar-refractivity contribution in [3.63, 3.8) is 0 Å². The Hall–Kier alpha value is -0.110. The average Bonchev–Trinajstić information content (AvgIpc) is 2.34. The molecule has 0 aliphatic rings. The molecule has 1 N–H and O–H groups in total. The maximum atomic E-state index is 11.1. The minimum atomic E-state index is -0.642. The van der Waals surface area contributed by atoms with Crippen LogP contribution in [0.5, 0.6) is 0 Å². The number of hydrogen-bond acceptors (Lipinski definition) is 7. The van der Waals surface area contributed by atoms with Gasteiger partial charge in [0.2, 0.25) is 0 Å². The molecule has 21 heavy (non-hydrogen) atoms. The van der Waals surface area contributed by atoms with Crippen LogP contribution in [-0.4, -0.2) is 48.7 Å². The van der Waals surface area contributed by atoms with Crippen LogP contribution in [0.1, 0.15) is 41.5 Å².